The molecule has 1 aromatic carbocycles. The number of benzene rings is 1. The van der Waals surface area contributed by atoms with Crippen LogP contribution in [0, 0.1) is 0 Å². The molecule has 1 unspecified atom stereocenters. The highest BCUT2D eigenvalue weighted by Crippen LogP contribution is 2.29. The highest BCUT2D eigenvalue weighted by atomic mass is 35.5. The largest absolute Gasteiger partial charge is 0.394 e. The Kier molecular flexibility index (Phi) is 12.2. The Morgan fingerprint density at radius 3 is 2.10 bits per heavy atom. The molecule has 0 aliphatic rings. The molecule has 0 saturated heterocycles. The Hall–Kier alpha value is -1.55. The summed E-state index contributed by atoms with van der Waals surface area (Å²) in [6, 6.07) is 5.41. The fourth-order valence-electron chi connectivity index (χ4n) is 1.77. The average Bonchev–Trinajstić information content (AvgIpc) is 3.01. The zero-order valence-electron chi connectivity index (χ0n) is 14.5. The van der Waals surface area contributed by atoms with Crippen molar-refractivity contribution in [3.63, 3.8) is 0 Å². The van der Waals surface area contributed by atoms with E-state index in [2.05, 4.69) is 11.6 Å². The maximum atomic E-state index is 8.74. The Balaban J connectivity index is 0.000000653. The maximum Gasteiger partial charge on any atom is 0.394 e. The van der Waals surface area contributed by atoms with Crippen molar-refractivity contribution in [2.75, 3.05) is 6.61 Å². The van der Waals surface area contributed by atoms with E-state index in [0.717, 1.165) is 5.56 Å². The second-order valence-electron chi connectivity index (χ2n) is 4.93. The summed E-state index contributed by atoms with van der Waals surface area (Å²) in [5.41, 5.74) is 0.904. The van der Waals surface area contributed by atoms with Gasteiger partial charge >= 0.3 is 20.8 Å². The van der Waals surface area contributed by atoms with Crippen LogP contribution in [0.2, 0.25) is 10.0 Å². The minimum atomic E-state index is -4.67. The van der Waals surface area contributed by atoms with Crippen molar-refractivity contribution in [1.29, 1.82) is 0 Å². The summed E-state index contributed by atoms with van der Waals surface area (Å²) in [5, 5.41) is 1.21. The molecule has 0 aliphatic heterocycles. The summed E-state index contributed by atoms with van der Waals surface area (Å²) in [6.07, 6.45) is 6.90. The number of hydrogen-bond donors (Lipinski definition) is 4. The minimum Gasteiger partial charge on any atom is -0.368 e. The molecular weight excluding hydrogens is 475 g/mol. The summed E-state index contributed by atoms with van der Waals surface area (Å²) >= 11 is 12.1. The van der Waals surface area contributed by atoms with Crippen molar-refractivity contribution in [3.05, 3.63) is 65.2 Å². The molecule has 2 rings (SSSR count). The van der Waals surface area contributed by atoms with Crippen molar-refractivity contribution in [3.8, 4) is 0 Å². The van der Waals surface area contributed by atoms with E-state index >= 15 is 0 Å². The van der Waals surface area contributed by atoms with Crippen LogP contribution in [0.1, 0.15) is 11.7 Å². The van der Waals surface area contributed by atoms with Crippen LogP contribution in [0.25, 0.3) is 0 Å². The molecule has 0 amide bonds. The molecule has 15 heteroatoms. The Morgan fingerprint density at radius 1 is 1.14 bits per heavy atom. The van der Waals surface area contributed by atoms with Gasteiger partial charge in [0.15, 0.2) is 0 Å². The Labute approximate surface area is 177 Å². The highest BCUT2D eigenvalue weighted by molar-refractivity contribution is 7.80. The van der Waals surface area contributed by atoms with E-state index in [0.29, 0.717) is 23.2 Å². The lowest BCUT2D eigenvalue weighted by molar-refractivity contribution is 0.0608. The van der Waals surface area contributed by atoms with Gasteiger partial charge in [-0.1, -0.05) is 35.3 Å². The van der Waals surface area contributed by atoms with Gasteiger partial charge in [0.05, 0.1) is 19.5 Å². The van der Waals surface area contributed by atoms with Gasteiger partial charge in [0.1, 0.15) is 6.10 Å². The standard InChI is InChI=1S/C14H14Cl2N2O.2H2O4S/c1-2-7-19-14(9-18-6-5-17-10-18)12-4-3-11(15)8-13(12)16;2*1-5(2,3)4/h2-6,8,10,14H,1,7,9H2;2*(H2,1,2,3,4). The van der Waals surface area contributed by atoms with Gasteiger partial charge in [0.2, 0.25) is 0 Å². The number of rotatable bonds is 6. The smallest absolute Gasteiger partial charge is 0.368 e. The summed E-state index contributed by atoms with van der Waals surface area (Å²) < 4.78 is 70.9. The van der Waals surface area contributed by atoms with Crippen LogP contribution >= 0.6 is 23.2 Å². The third kappa shape index (κ3) is 17.1. The van der Waals surface area contributed by atoms with Crippen molar-refractivity contribution in [1.82, 2.24) is 9.55 Å². The molecule has 11 nitrogen and oxygen atoms in total. The van der Waals surface area contributed by atoms with Gasteiger partial charge < -0.3 is 9.30 Å². The van der Waals surface area contributed by atoms with Crippen LogP contribution in [-0.4, -0.2) is 51.2 Å². The number of aromatic nitrogens is 2. The van der Waals surface area contributed by atoms with Crippen LogP contribution in [-0.2, 0) is 32.1 Å². The first-order valence-corrected chi connectivity index (χ1v) is 10.8. The number of nitrogens with zero attached hydrogens (tertiary/aromatic N) is 2. The Bertz CT molecular complexity index is 919. The van der Waals surface area contributed by atoms with Crippen LogP contribution < -0.4 is 0 Å². The predicted octanol–water partition coefficient (Wildman–Crippen LogP) is 2.83. The van der Waals surface area contributed by atoms with E-state index in [9.17, 15) is 0 Å². The average molecular weight is 493 g/mol. The van der Waals surface area contributed by atoms with Crippen molar-refractivity contribution in [2.24, 2.45) is 0 Å². The van der Waals surface area contributed by atoms with Crippen molar-refractivity contribution < 1.29 is 39.8 Å². The zero-order chi connectivity index (χ0) is 22.7. The van der Waals surface area contributed by atoms with Crippen LogP contribution in [0.4, 0.5) is 0 Å². The first-order valence-electron chi connectivity index (χ1n) is 7.23. The summed E-state index contributed by atoms with van der Waals surface area (Å²) in [7, 11) is -9.33. The maximum absolute atomic E-state index is 8.74. The van der Waals surface area contributed by atoms with Gasteiger partial charge in [-0.3, -0.25) is 18.2 Å². The normalized spacial score (nSPS) is 12.1. The van der Waals surface area contributed by atoms with E-state index in [1.54, 1.807) is 30.7 Å². The van der Waals surface area contributed by atoms with Crippen LogP contribution in [0.5, 0.6) is 0 Å². The molecule has 0 fully saturated rings. The molecule has 0 spiro atoms. The van der Waals surface area contributed by atoms with Gasteiger partial charge in [-0.2, -0.15) is 16.8 Å². The van der Waals surface area contributed by atoms with E-state index in [4.69, 9.17) is 63.0 Å². The second-order valence-corrected chi connectivity index (χ2v) is 7.57. The van der Waals surface area contributed by atoms with Gasteiger partial charge in [-0.15, -0.1) is 6.58 Å². The van der Waals surface area contributed by atoms with E-state index in [1.165, 1.54) is 0 Å². The molecule has 0 bridgehead atoms. The summed E-state index contributed by atoms with van der Waals surface area (Å²) in [5.74, 6) is 0. The molecule has 0 radical (unpaired) electrons. The minimum absolute atomic E-state index is 0.169. The fourth-order valence-corrected chi connectivity index (χ4v) is 2.30. The molecule has 1 heterocycles. The number of halogens is 2. The molecule has 4 N–H and O–H groups in total. The monoisotopic (exact) mass is 492 g/mol. The highest BCUT2D eigenvalue weighted by Gasteiger charge is 2.16. The molecule has 2 aromatic rings. The van der Waals surface area contributed by atoms with Crippen LogP contribution in [0.15, 0.2) is 49.6 Å². The third-order valence-corrected chi connectivity index (χ3v) is 3.22. The first-order chi connectivity index (χ1) is 13.2. The molecule has 0 saturated carbocycles. The van der Waals surface area contributed by atoms with E-state index < -0.39 is 20.8 Å². The molecule has 1 aromatic heterocycles. The first kappa shape index (κ1) is 27.5. The molecule has 1 atom stereocenters. The van der Waals surface area contributed by atoms with E-state index in [1.807, 2.05) is 16.8 Å². The van der Waals surface area contributed by atoms with Gasteiger partial charge in [0.25, 0.3) is 0 Å². The second kappa shape index (κ2) is 12.9. The predicted molar refractivity (Wildman–Crippen MR) is 106 cm³/mol. The third-order valence-electron chi connectivity index (χ3n) is 2.66. The Morgan fingerprint density at radius 2 is 1.69 bits per heavy atom. The van der Waals surface area contributed by atoms with Crippen molar-refractivity contribution >= 4 is 44.0 Å². The fraction of sp³-hybridized carbons (Fsp3) is 0.214. The lowest BCUT2D eigenvalue weighted by Crippen LogP contribution is -2.12. The van der Waals surface area contributed by atoms with Gasteiger partial charge in [-0.25, -0.2) is 4.98 Å². The number of hydrogen-bond acceptors (Lipinski definition) is 6. The summed E-state index contributed by atoms with van der Waals surface area (Å²) in [4.78, 5) is 4.02. The summed E-state index contributed by atoms with van der Waals surface area (Å²) in [6.45, 7) is 4.75. The lowest BCUT2D eigenvalue weighted by Gasteiger charge is -2.19. The number of ether oxygens (including phenoxy) is 1. The SMILES string of the molecule is C=CCOC(Cn1ccnc1)c1ccc(Cl)cc1Cl.O=S(=O)(O)O.O=S(=O)(O)O. The zero-order valence-corrected chi connectivity index (χ0v) is 17.7. The van der Waals surface area contributed by atoms with Gasteiger partial charge in [0, 0.05) is 28.0 Å². The molecule has 0 aliphatic carbocycles. The van der Waals surface area contributed by atoms with Gasteiger partial charge in [-0.05, 0) is 12.1 Å². The lowest BCUT2D eigenvalue weighted by atomic mass is 10.1. The number of imidazole rings is 1. The topological polar surface area (TPSA) is 176 Å². The van der Waals surface area contributed by atoms with Crippen molar-refractivity contribution in [2.45, 2.75) is 12.6 Å². The van der Waals surface area contributed by atoms with Crippen LogP contribution in [0.3, 0.4) is 0 Å². The quantitative estimate of drug-likeness (QED) is 0.346. The molecule has 164 valence electrons. The molecule has 29 heavy (non-hydrogen) atoms. The van der Waals surface area contributed by atoms with E-state index in [-0.39, 0.29) is 6.10 Å². The molecular formula is C14H18Cl2N2O9S2.